The first-order valence-electron chi connectivity index (χ1n) is 9.70. The summed E-state index contributed by atoms with van der Waals surface area (Å²) in [5.74, 6) is 1.72. The number of fused-ring (bicyclic) bond motifs is 1. The highest BCUT2D eigenvalue weighted by atomic mass is 16.5. The smallest absolute Gasteiger partial charge is 0.153 e. The van der Waals surface area contributed by atoms with Crippen LogP contribution >= 0.6 is 0 Å². The highest BCUT2D eigenvalue weighted by Gasteiger charge is 2.28. The second-order valence-electron chi connectivity index (χ2n) is 7.69. The first-order valence-corrected chi connectivity index (χ1v) is 9.70. The van der Waals surface area contributed by atoms with Crippen LogP contribution in [0.25, 0.3) is 22.4 Å². The van der Waals surface area contributed by atoms with E-state index in [-0.39, 0.29) is 0 Å². The van der Waals surface area contributed by atoms with E-state index in [2.05, 4.69) is 27.2 Å². The van der Waals surface area contributed by atoms with E-state index in [0.717, 1.165) is 54.6 Å². The summed E-state index contributed by atoms with van der Waals surface area (Å²) in [6.45, 7) is 3.98. The molecule has 3 aromatic rings. The third-order valence-corrected chi connectivity index (χ3v) is 5.48. The highest BCUT2D eigenvalue weighted by molar-refractivity contribution is 5.82. The van der Waals surface area contributed by atoms with Crippen LogP contribution in [0.4, 0.5) is 0 Å². The summed E-state index contributed by atoms with van der Waals surface area (Å²) in [4.78, 5) is 2.55. The van der Waals surface area contributed by atoms with Gasteiger partial charge >= 0.3 is 0 Å². The van der Waals surface area contributed by atoms with Crippen molar-refractivity contribution in [1.29, 1.82) is 0 Å². The molecule has 26 heavy (non-hydrogen) atoms. The minimum atomic E-state index is 0.385. The van der Waals surface area contributed by atoms with Crippen molar-refractivity contribution in [2.24, 2.45) is 5.92 Å². The monoisotopic (exact) mass is 351 g/mol. The molecule has 1 atom stereocenters. The van der Waals surface area contributed by atoms with Crippen LogP contribution in [0.2, 0.25) is 0 Å². The fraction of sp³-hybridized carbons (Fsp3) is 0.476. The molecular weight excluding hydrogens is 326 g/mol. The molecule has 0 unspecified atom stereocenters. The van der Waals surface area contributed by atoms with Gasteiger partial charge in [0, 0.05) is 37.2 Å². The number of ether oxygens (including phenoxy) is 1. The number of rotatable bonds is 7. The molecule has 136 valence electrons. The molecule has 5 rings (SSSR count). The fourth-order valence-electron chi connectivity index (χ4n) is 3.94. The molecule has 0 radical (unpaired) electrons. The first kappa shape index (κ1) is 16.1. The van der Waals surface area contributed by atoms with Crippen molar-refractivity contribution in [2.75, 3.05) is 19.7 Å². The molecule has 5 heteroatoms. The molecule has 5 nitrogen and oxygen atoms in total. The lowest BCUT2D eigenvalue weighted by Gasteiger charge is -2.25. The van der Waals surface area contributed by atoms with Gasteiger partial charge in [0.15, 0.2) is 5.76 Å². The molecule has 1 saturated carbocycles. The zero-order valence-electron chi connectivity index (χ0n) is 15.0. The number of hydrogen-bond donors (Lipinski definition) is 1. The van der Waals surface area contributed by atoms with Crippen molar-refractivity contribution in [3.63, 3.8) is 0 Å². The first-order chi connectivity index (χ1) is 12.8. The molecule has 2 fully saturated rings. The van der Waals surface area contributed by atoms with Crippen LogP contribution in [-0.4, -0.2) is 40.9 Å². The Morgan fingerprint density at radius 1 is 1.15 bits per heavy atom. The Balaban J connectivity index is 1.37. The molecule has 1 aliphatic heterocycles. The van der Waals surface area contributed by atoms with Gasteiger partial charge in [-0.2, -0.15) is 5.10 Å². The van der Waals surface area contributed by atoms with Gasteiger partial charge in [-0.3, -0.25) is 10.00 Å². The Morgan fingerprint density at radius 3 is 2.88 bits per heavy atom. The van der Waals surface area contributed by atoms with E-state index in [1.54, 1.807) is 0 Å². The Kier molecular flexibility index (Phi) is 4.27. The number of benzene rings is 1. The molecule has 1 aliphatic carbocycles. The SMILES string of the molecule is c1ccc2oc(-c3[nH]ncc3CN(CC3CC3)C[C@H]3CCCO3)cc2c1. The summed E-state index contributed by atoms with van der Waals surface area (Å²) >= 11 is 0. The van der Waals surface area contributed by atoms with E-state index >= 15 is 0 Å². The summed E-state index contributed by atoms with van der Waals surface area (Å²) in [7, 11) is 0. The van der Waals surface area contributed by atoms with Crippen LogP contribution < -0.4 is 0 Å². The number of nitrogens with zero attached hydrogens (tertiary/aromatic N) is 2. The van der Waals surface area contributed by atoms with Gasteiger partial charge in [-0.1, -0.05) is 18.2 Å². The van der Waals surface area contributed by atoms with Gasteiger partial charge in [0.25, 0.3) is 0 Å². The van der Waals surface area contributed by atoms with E-state index < -0.39 is 0 Å². The van der Waals surface area contributed by atoms with Crippen molar-refractivity contribution in [3.05, 3.63) is 42.1 Å². The maximum atomic E-state index is 6.05. The number of hydrogen-bond acceptors (Lipinski definition) is 4. The molecule has 0 amide bonds. The minimum Gasteiger partial charge on any atom is -0.454 e. The molecule has 1 saturated heterocycles. The highest BCUT2D eigenvalue weighted by Crippen LogP contribution is 2.32. The Labute approximate surface area is 153 Å². The average molecular weight is 351 g/mol. The normalized spacial score (nSPS) is 20.4. The maximum absolute atomic E-state index is 6.05. The van der Waals surface area contributed by atoms with Gasteiger partial charge in [-0.05, 0) is 43.7 Å². The van der Waals surface area contributed by atoms with Gasteiger partial charge in [-0.15, -0.1) is 0 Å². The van der Waals surface area contributed by atoms with Gasteiger partial charge in [0.1, 0.15) is 11.3 Å². The van der Waals surface area contributed by atoms with Gasteiger partial charge in [0.2, 0.25) is 0 Å². The van der Waals surface area contributed by atoms with Crippen molar-refractivity contribution in [3.8, 4) is 11.5 Å². The molecular formula is C21H25N3O2. The predicted octanol–water partition coefficient (Wildman–Crippen LogP) is 4.21. The summed E-state index contributed by atoms with van der Waals surface area (Å²) in [6.07, 6.45) is 7.43. The van der Waals surface area contributed by atoms with Gasteiger partial charge in [0.05, 0.1) is 12.3 Å². The summed E-state index contributed by atoms with van der Waals surface area (Å²) < 4.78 is 11.9. The van der Waals surface area contributed by atoms with E-state index in [0.29, 0.717) is 6.10 Å². The van der Waals surface area contributed by atoms with Crippen LogP contribution in [-0.2, 0) is 11.3 Å². The molecule has 3 heterocycles. The van der Waals surface area contributed by atoms with E-state index in [9.17, 15) is 0 Å². The van der Waals surface area contributed by atoms with Crippen LogP contribution in [0.3, 0.4) is 0 Å². The summed E-state index contributed by atoms with van der Waals surface area (Å²) in [5, 5.41) is 8.58. The average Bonchev–Trinajstić information content (AvgIpc) is 3.07. The Hall–Kier alpha value is -2.11. The van der Waals surface area contributed by atoms with E-state index in [1.165, 1.54) is 31.2 Å². The van der Waals surface area contributed by atoms with Crippen LogP contribution in [0.15, 0.2) is 40.9 Å². The number of H-pyrrole nitrogens is 1. The lowest BCUT2D eigenvalue weighted by atomic mass is 10.1. The lowest BCUT2D eigenvalue weighted by Crippen LogP contribution is -2.33. The van der Waals surface area contributed by atoms with Crippen LogP contribution in [0.5, 0.6) is 0 Å². The molecule has 2 aliphatic rings. The standard InChI is InChI=1S/C21H25N3O2/c1-2-6-19-16(4-1)10-20(26-19)21-17(11-22-23-21)13-24(12-15-7-8-15)14-18-5-3-9-25-18/h1-2,4,6,10-11,15,18H,3,5,7-9,12-14H2,(H,22,23)/t18-/m1/s1. The zero-order chi connectivity index (χ0) is 17.3. The number of para-hydroxylation sites is 1. The summed E-state index contributed by atoms with van der Waals surface area (Å²) in [6, 6.07) is 10.2. The molecule has 1 aromatic carbocycles. The van der Waals surface area contributed by atoms with E-state index in [1.807, 2.05) is 24.4 Å². The predicted molar refractivity (Wildman–Crippen MR) is 101 cm³/mol. The third kappa shape index (κ3) is 3.41. The Bertz CT molecular complexity index is 841. The topological polar surface area (TPSA) is 54.3 Å². The van der Waals surface area contributed by atoms with Crippen molar-refractivity contribution >= 4 is 11.0 Å². The number of aromatic nitrogens is 2. The lowest BCUT2D eigenvalue weighted by molar-refractivity contribution is 0.0689. The minimum absolute atomic E-state index is 0.385. The third-order valence-electron chi connectivity index (χ3n) is 5.48. The number of furan rings is 1. The molecule has 1 N–H and O–H groups in total. The Morgan fingerprint density at radius 2 is 2.08 bits per heavy atom. The van der Waals surface area contributed by atoms with Crippen molar-refractivity contribution in [1.82, 2.24) is 15.1 Å². The number of aromatic amines is 1. The second kappa shape index (κ2) is 6.89. The van der Waals surface area contributed by atoms with E-state index in [4.69, 9.17) is 9.15 Å². The van der Waals surface area contributed by atoms with Crippen LogP contribution in [0, 0.1) is 5.92 Å². The molecule has 0 bridgehead atoms. The van der Waals surface area contributed by atoms with Crippen molar-refractivity contribution < 1.29 is 9.15 Å². The fourth-order valence-corrected chi connectivity index (χ4v) is 3.94. The maximum Gasteiger partial charge on any atom is 0.153 e. The second-order valence-corrected chi connectivity index (χ2v) is 7.69. The largest absolute Gasteiger partial charge is 0.454 e. The molecule has 0 spiro atoms. The van der Waals surface area contributed by atoms with Crippen molar-refractivity contribution in [2.45, 2.75) is 38.3 Å². The van der Waals surface area contributed by atoms with Gasteiger partial charge in [-0.25, -0.2) is 0 Å². The quantitative estimate of drug-likeness (QED) is 0.693. The number of nitrogens with one attached hydrogen (secondary N) is 1. The van der Waals surface area contributed by atoms with Crippen LogP contribution in [0.1, 0.15) is 31.2 Å². The molecule has 2 aromatic heterocycles. The zero-order valence-corrected chi connectivity index (χ0v) is 15.0. The van der Waals surface area contributed by atoms with Gasteiger partial charge < -0.3 is 9.15 Å². The summed E-state index contributed by atoms with van der Waals surface area (Å²) in [5.41, 5.74) is 3.11.